The SMILES string of the molecule is NC(N)=NCCCC(N)C(=O)NC(CS)C(=O)NC(Cc1cnc[nH]1)C(=O)NC(Cc1cnc[nH]1)C(=O)O. The molecule has 17 heteroatoms. The van der Waals surface area contributed by atoms with Crippen molar-refractivity contribution < 1.29 is 24.3 Å². The molecule has 0 aromatic carbocycles. The number of hydrogen-bond acceptors (Lipinski definition) is 9. The number of carbonyl (C=O) groups is 4. The molecule has 0 spiro atoms. The third-order valence-electron chi connectivity index (χ3n) is 5.33. The molecule has 0 radical (unpaired) electrons. The van der Waals surface area contributed by atoms with Crippen molar-refractivity contribution in [1.82, 2.24) is 35.9 Å². The van der Waals surface area contributed by atoms with Gasteiger partial charge in [-0.2, -0.15) is 12.6 Å². The van der Waals surface area contributed by atoms with Crippen LogP contribution in [-0.4, -0.2) is 91.2 Å². The van der Waals surface area contributed by atoms with Crippen LogP contribution in [-0.2, 0) is 32.0 Å². The lowest BCUT2D eigenvalue weighted by Crippen LogP contribution is -2.58. The highest BCUT2D eigenvalue weighted by Gasteiger charge is 2.30. The first kappa shape index (κ1) is 30.1. The zero-order chi connectivity index (χ0) is 28.1. The first-order valence-electron chi connectivity index (χ1n) is 11.6. The number of nitrogens with one attached hydrogen (secondary N) is 5. The number of carboxylic acid groups (broad SMARTS) is 1. The Morgan fingerprint density at radius 1 is 0.921 bits per heavy atom. The van der Waals surface area contributed by atoms with Gasteiger partial charge in [0.25, 0.3) is 0 Å². The summed E-state index contributed by atoms with van der Waals surface area (Å²) in [5.74, 6) is -3.48. The number of rotatable bonds is 16. The Labute approximate surface area is 223 Å². The zero-order valence-electron chi connectivity index (χ0n) is 20.5. The van der Waals surface area contributed by atoms with Crippen molar-refractivity contribution in [3.8, 4) is 0 Å². The van der Waals surface area contributed by atoms with Crippen molar-refractivity contribution in [1.29, 1.82) is 0 Å². The summed E-state index contributed by atoms with van der Waals surface area (Å²) in [5, 5.41) is 17.1. The summed E-state index contributed by atoms with van der Waals surface area (Å²) in [6.07, 6.45) is 6.33. The van der Waals surface area contributed by atoms with Gasteiger partial charge in [0, 0.05) is 48.9 Å². The van der Waals surface area contributed by atoms with Crippen LogP contribution in [0.25, 0.3) is 0 Å². The zero-order valence-corrected chi connectivity index (χ0v) is 21.4. The molecular weight excluding hydrogens is 518 g/mol. The monoisotopic (exact) mass is 551 g/mol. The Morgan fingerprint density at radius 3 is 1.95 bits per heavy atom. The summed E-state index contributed by atoms with van der Waals surface area (Å²) in [5.41, 5.74) is 17.4. The quantitative estimate of drug-likeness (QED) is 0.0431. The van der Waals surface area contributed by atoms with Crippen LogP contribution in [0.1, 0.15) is 24.2 Å². The predicted octanol–water partition coefficient (Wildman–Crippen LogP) is -3.23. The molecule has 208 valence electrons. The second-order valence-corrected chi connectivity index (χ2v) is 8.69. The number of guanidine groups is 1. The molecule has 3 amide bonds. The van der Waals surface area contributed by atoms with E-state index in [4.69, 9.17) is 17.2 Å². The molecule has 2 aromatic heterocycles. The summed E-state index contributed by atoms with van der Waals surface area (Å²) in [7, 11) is 0. The fourth-order valence-corrected chi connectivity index (χ4v) is 3.57. The van der Waals surface area contributed by atoms with Crippen molar-refractivity contribution in [2.45, 2.75) is 49.9 Å². The van der Waals surface area contributed by atoms with Crippen LogP contribution in [0.15, 0.2) is 30.0 Å². The van der Waals surface area contributed by atoms with E-state index in [1.54, 1.807) is 0 Å². The number of hydrogen-bond donors (Lipinski definition) is 10. The van der Waals surface area contributed by atoms with Crippen LogP contribution in [0, 0.1) is 0 Å². The topological polar surface area (TPSA) is 272 Å². The Morgan fingerprint density at radius 2 is 1.45 bits per heavy atom. The van der Waals surface area contributed by atoms with Crippen LogP contribution >= 0.6 is 12.6 Å². The van der Waals surface area contributed by atoms with Crippen molar-refractivity contribution >= 4 is 42.3 Å². The van der Waals surface area contributed by atoms with Crippen LogP contribution in [0.5, 0.6) is 0 Å². The Bertz CT molecular complexity index is 1070. The van der Waals surface area contributed by atoms with Gasteiger partial charge >= 0.3 is 5.97 Å². The second kappa shape index (κ2) is 15.2. The fraction of sp³-hybridized carbons (Fsp3) is 0.476. The maximum atomic E-state index is 13.1. The second-order valence-electron chi connectivity index (χ2n) is 8.32. The summed E-state index contributed by atoms with van der Waals surface area (Å²) < 4.78 is 0. The van der Waals surface area contributed by atoms with E-state index in [0.29, 0.717) is 24.4 Å². The van der Waals surface area contributed by atoms with E-state index in [2.05, 4.69) is 53.5 Å². The van der Waals surface area contributed by atoms with Gasteiger partial charge in [-0.1, -0.05) is 0 Å². The molecule has 4 atom stereocenters. The average Bonchev–Trinajstić information content (AvgIpc) is 3.58. The number of aromatic nitrogens is 4. The molecule has 0 bridgehead atoms. The molecule has 0 aliphatic heterocycles. The maximum absolute atomic E-state index is 13.1. The van der Waals surface area contributed by atoms with Gasteiger partial charge in [0.05, 0.1) is 18.7 Å². The molecule has 4 unspecified atom stereocenters. The van der Waals surface area contributed by atoms with Crippen LogP contribution < -0.4 is 33.2 Å². The number of aliphatic carboxylic acids is 1. The van der Waals surface area contributed by atoms with Gasteiger partial charge in [0.1, 0.15) is 18.1 Å². The number of aliphatic imine (C=N–C) groups is 1. The highest BCUT2D eigenvalue weighted by molar-refractivity contribution is 7.80. The minimum Gasteiger partial charge on any atom is -0.480 e. The minimum absolute atomic E-state index is 0.0223. The van der Waals surface area contributed by atoms with E-state index >= 15 is 0 Å². The third-order valence-corrected chi connectivity index (χ3v) is 5.69. The van der Waals surface area contributed by atoms with Gasteiger partial charge in [0.2, 0.25) is 17.7 Å². The number of carboxylic acids is 1. The lowest BCUT2D eigenvalue weighted by Gasteiger charge is -2.24. The van der Waals surface area contributed by atoms with Crippen LogP contribution in [0.2, 0.25) is 0 Å². The average molecular weight is 552 g/mol. The smallest absolute Gasteiger partial charge is 0.326 e. The molecular formula is C21H33N11O5S. The molecule has 0 saturated heterocycles. The van der Waals surface area contributed by atoms with Crippen molar-refractivity contribution in [3.05, 3.63) is 36.4 Å². The summed E-state index contributed by atoms with van der Waals surface area (Å²) in [6, 6.07) is -4.53. The van der Waals surface area contributed by atoms with Crippen LogP contribution in [0.3, 0.4) is 0 Å². The highest BCUT2D eigenvalue weighted by atomic mass is 32.1. The van der Waals surface area contributed by atoms with Gasteiger partial charge in [-0.25, -0.2) is 14.8 Å². The molecule has 12 N–H and O–H groups in total. The van der Waals surface area contributed by atoms with E-state index in [9.17, 15) is 24.3 Å². The van der Waals surface area contributed by atoms with E-state index < -0.39 is 47.9 Å². The number of nitrogens with zero attached hydrogens (tertiary/aromatic N) is 3. The number of nitrogens with two attached hydrogens (primary N) is 3. The number of aromatic amines is 2. The van der Waals surface area contributed by atoms with Gasteiger partial charge < -0.3 is 48.2 Å². The van der Waals surface area contributed by atoms with E-state index in [1.165, 1.54) is 25.0 Å². The maximum Gasteiger partial charge on any atom is 0.326 e. The molecule has 2 aromatic rings. The Kier molecular flexibility index (Phi) is 12.0. The Balaban J connectivity index is 2.05. The molecule has 0 aliphatic rings. The number of H-pyrrole nitrogens is 2. The largest absolute Gasteiger partial charge is 0.480 e. The number of imidazole rings is 2. The van der Waals surface area contributed by atoms with E-state index in [0.717, 1.165) is 0 Å². The lowest BCUT2D eigenvalue weighted by atomic mass is 10.1. The summed E-state index contributed by atoms with van der Waals surface area (Å²) in [4.78, 5) is 67.5. The van der Waals surface area contributed by atoms with E-state index in [1.807, 2.05) is 0 Å². The normalized spacial score (nSPS) is 13.9. The molecule has 2 rings (SSSR count). The fourth-order valence-electron chi connectivity index (χ4n) is 3.31. The van der Waals surface area contributed by atoms with Gasteiger partial charge in [0.15, 0.2) is 5.96 Å². The number of carbonyl (C=O) groups excluding carboxylic acids is 3. The standard InChI is InChI=1S/C21H33N11O5S/c22-13(2-1-3-27-21(23)24)17(33)32-16(8-38)19(35)30-14(4-11-6-25-9-28-11)18(34)31-15(20(36)37)5-12-7-26-10-29-12/h6-7,9-10,13-16,38H,1-5,8,22H2,(H,25,28)(H,26,29)(H,30,35)(H,31,34)(H,32,33)(H,36,37)(H4,23,24,27). The van der Waals surface area contributed by atoms with Crippen molar-refractivity contribution in [2.75, 3.05) is 12.3 Å². The summed E-state index contributed by atoms with van der Waals surface area (Å²) in [6.45, 7) is 0.294. The van der Waals surface area contributed by atoms with Crippen molar-refractivity contribution in [3.63, 3.8) is 0 Å². The molecule has 0 saturated carbocycles. The van der Waals surface area contributed by atoms with Gasteiger partial charge in [-0.3, -0.25) is 19.4 Å². The number of amides is 3. The van der Waals surface area contributed by atoms with Gasteiger partial charge in [-0.05, 0) is 12.8 Å². The summed E-state index contributed by atoms with van der Waals surface area (Å²) >= 11 is 4.14. The molecule has 38 heavy (non-hydrogen) atoms. The first-order valence-corrected chi connectivity index (χ1v) is 12.2. The molecule has 16 nitrogen and oxygen atoms in total. The first-order chi connectivity index (χ1) is 18.1. The molecule has 0 fully saturated rings. The lowest BCUT2D eigenvalue weighted by molar-refractivity contribution is -0.142. The van der Waals surface area contributed by atoms with Crippen LogP contribution in [0.4, 0.5) is 0 Å². The molecule has 2 heterocycles. The van der Waals surface area contributed by atoms with Crippen molar-refractivity contribution in [2.24, 2.45) is 22.2 Å². The Hall–Kier alpha value is -4.12. The highest BCUT2D eigenvalue weighted by Crippen LogP contribution is 2.05. The molecule has 0 aliphatic carbocycles. The number of thiol groups is 1. The van der Waals surface area contributed by atoms with Gasteiger partial charge in [-0.15, -0.1) is 0 Å². The minimum atomic E-state index is -1.29. The third kappa shape index (κ3) is 10.1. The predicted molar refractivity (Wildman–Crippen MR) is 140 cm³/mol. The van der Waals surface area contributed by atoms with E-state index in [-0.39, 0.29) is 31.0 Å².